The summed E-state index contributed by atoms with van der Waals surface area (Å²) in [5, 5.41) is 8.86. The van der Waals surface area contributed by atoms with Crippen LogP contribution in [0.25, 0.3) is 0 Å². The minimum atomic E-state index is -4.82. The Labute approximate surface area is 118 Å². The Morgan fingerprint density at radius 1 is 1.05 bits per heavy atom. The highest BCUT2D eigenvalue weighted by molar-refractivity contribution is 5.57. The number of anilines is 1. The molecule has 0 unspecified atom stereocenters. The predicted molar refractivity (Wildman–Crippen MR) is 68.8 cm³/mol. The van der Waals surface area contributed by atoms with E-state index in [9.17, 15) is 13.2 Å². The number of rotatable bonds is 3. The average Bonchev–Trinajstić information content (AvgIpc) is 2.41. The summed E-state index contributed by atoms with van der Waals surface area (Å²) in [7, 11) is 0. The Bertz CT molecular complexity index is 693. The number of alkyl halides is 3. The lowest BCUT2D eigenvalue weighted by molar-refractivity contribution is -0.275. The fourth-order valence-electron chi connectivity index (χ4n) is 1.57. The predicted octanol–water partition coefficient (Wildman–Crippen LogP) is 3.83. The molecule has 0 aliphatic heterocycles. The van der Waals surface area contributed by atoms with Gasteiger partial charge in [0.2, 0.25) is 0 Å². The maximum Gasteiger partial charge on any atom is 0.573 e. The molecule has 0 radical (unpaired) electrons. The Morgan fingerprint density at radius 3 is 2.33 bits per heavy atom. The smallest absolute Gasteiger partial charge is 0.453 e. The first-order valence-electron chi connectivity index (χ1n) is 5.71. The van der Waals surface area contributed by atoms with Crippen LogP contribution in [0.1, 0.15) is 5.56 Å². The van der Waals surface area contributed by atoms with Gasteiger partial charge in [0.25, 0.3) is 0 Å². The topological polar surface area (TPSA) is 68.3 Å². The van der Waals surface area contributed by atoms with E-state index in [2.05, 4.69) is 4.74 Å². The molecule has 2 aromatic rings. The first-order valence-corrected chi connectivity index (χ1v) is 5.71. The van der Waals surface area contributed by atoms with Gasteiger partial charge >= 0.3 is 6.36 Å². The summed E-state index contributed by atoms with van der Waals surface area (Å²) in [6, 6.07) is 11.4. The molecule has 21 heavy (non-hydrogen) atoms. The molecule has 108 valence electrons. The lowest BCUT2D eigenvalue weighted by Crippen LogP contribution is -2.17. The normalized spacial score (nSPS) is 10.8. The van der Waals surface area contributed by atoms with Crippen molar-refractivity contribution in [2.75, 3.05) is 5.73 Å². The molecule has 0 aromatic heterocycles. The zero-order valence-corrected chi connectivity index (χ0v) is 10.5. The first kappa shape index (κ1) is 14.5. The number of nitriles is 1. The largest absolute Gasteiger partial charge is 0.573 e. The van der Waals surface area contributed by atoms with Gasteiger partial charge in [-0.1, -0.05) is 12.1 Å². The molecule has 0 heterocycles. The molecule has 2 aromatic carbocycles. The molecule has 0 bridgehead atoms. The standard InChI is InChI=1S/C14H9F3N2O2/c15-14(16,17)21-13-4-2-1-3-12(13)20-10-5-6-11(19)9(7-10)8-18/h1-7H,19H2. The quantitative estimate of drug-likeness (QED) is 0.873. The van der Waals surface area contributed by atoms with Gasteiger partial charge < -0.3 is 15.2 Å². The van der Waals surface area contributed by atoms with Crippen LogP contribution in [0.15, 0.2) is 42.5 Å². The SMILES string of the molecule is N#Cc1cc(Oc2ccccc2OC(F)(F)F)ccc1N. The summed E-state index contributed by atoms with van der Waals surface area (Å²) < 4.78 is 46.1. The van der Waals surface area contributed by atoms with E-state index in [1.165, 1.54) is 36.4 Å². The molecule has 0 amide bonds. The molecule has 0 saturated heterocycles. The van der Waals surface area contributed by atoms with Gasteiger partial charge in [-0.25, -0.2) is 0 Å². The van der Waals surface area contributed by atoms with E-state index in [0.29, 0.717) is 0 Å². The Morgan fingerprint density at radius 2 is 1.71 bits per heavy atom. The number of nitrogens with two attached hydrogens (primary N) is 1. The second-order valence-electron chi connectivity index (χ2n) is 3.96. The Hall–Kier alpha value is -2.88. The lowest BCUT2D eigenvalue weighted by Gasteiger charge is -2.14. The third-order valence-electron chi connectivity index (χ3n) is 2.45. The number of ether oxygens (including phenoxy) is 2. The van der Waals surface area contributed by atoms with E-state index in [0.717, 1.165) is 6.07 Å². The van der Waals surface area contributed by atoms with Crippen molar-refractivity contribution >= 4 is 5.69 Å². The molecule has 0 aliphatic carbocycles. The van der Waals surface area contributed by atoms with Gasteiger partial charge in [-0.05, 0) is 24.3 Å². The van der Waals surface area contributed by atoms with Gasteiger partial charge in [-0.2, -0.15) is 5.26 Å². The molecule has 0 aliphatic rings. The number of halogens is 3. The number of nitrogen functional groups attached to an aromatic ring is 1. The summed E-state index contributed by atoms with van der Waals surface area (Å²) in [6.07, 6.45) is -4.82. The number of hydrogen-bond acceptors (Lipinski definition) is 4. The molecule has 0 atom stereocenters. The van der Waals surface area contributed by atoms with Crippen LogP contribution in [0.5, 0.6) is 17.2 Å². The molecule has 4 nitrogen and oxygen atoms in total. The molecular weight excluding hydrogens is 285 g/mol. The Kier molecular flexibility index (Phi) is 3.89. The maximum absolute atomic E-state index is 12.3. The maximum atomic E-state index is 12.3. The third-order valence-corrected chi connectivity index (χ3v) is 2.45. The van der Waals surface area contributed by atoms with E-state index in [4.69, 9.17) is 15.7 Å². The fraction of sp³-hybridized carbons (Fsp3) is 0.0714. The molecule has 0 spiro atoms. The van der Waals surface area contributed by atoms with Crippen LogP contribution in [-0.2, 0) is 0 Å². The molecule has 7 heteroatoms. The number of nitrogens with zero attached hydrogens (tertiary/aromatic N) is 1. The van der Waals surface area contributed by atoms with Crippen molar-refractivity contribution in [2.24, 2.45) is 0 Å². The summed E-state index contributed by atoms with van der Waals surface area (Å²) in [4.78, 5) is 0. The van der Waals surface area contributed by atoms with Crippen LogP contribution in [0.2, 0.25) is 0 Å². The van der Waals surface area contributed by atoms with Gasteiger partial charge in [0.15, 0.2) is 11.5 Å². The monoisotopic (exact) mass is 294 g/mol. The van der Waals surface area contributed by atoms with Crippen LogP contribution in [-0.4, -0.2) is 6.36 Å². The van der Waals surface area contributed by atoms with Gasteiger partial charge in [0.1, 0.15) is 11.8 Å². The van der Waals surface area contributed by atoms with E-state index in [1.807, 2.05) is 6.07 Å². The number of hydrogen-bond donors (Lipinski definition) is 1. The van der Waals surface area contributed by atoms with E-state index in [1.54, 1.807) is 0 Å². The molecule has 0 saturated carbocycles. The fourth-order valence-corrected chi connectivity index (χ4v) is 1.57. The molecule has 2 N–H and O–H groups in total. The zero-order chi connectivity index (χ0) is 15.5. The molecule has 0 fully saturated rings. The van der Waals surface area contributed by atoms with E-state index >= 15 is 0 Å². The minimum absolute atomic E-state index is 0.122. The zero-order valence-electron chi connectivity index (χ0n) is 10.5. The van der Waals surface area contributed by atoms with Crippen LogP contribution in [0.4, 0.5) is 18.9 Å². The summed E-state index contributed by atoms with van der Waals surface area (Å²) >= 11 is 0. The van der Waals surface area contributed by atoms with Crippen LogP contribution < -0.4 is 15.2 Å². The second kappa shape index (κ2) is 5.63. The number of para-hydroxylation sites is 2. The highest BCUT2D eigenvalue weighted by Crippen LogP contribution is 2.35. The van der Waals surface area contributed by atoms with Crippen molar-refractivity contribution < 1.29 is 22.6 Å². The van der Waals surface area contributed by atoms with Crippen molar-refractivity contribution in [2.45, 2.75) is 6.36 Å². The summed E-state index contributed by atoms with van der Waals surface area (Å²) in [5.41, 5.74) is 5.98. The Balaban J connectivity index is 2.30. The first-order chi connectivity index (χ1) is 9.89. The average molecular weight is 294 g/mol. The minimum Gasteiger partial charge on any atom is -0.453 e. The van der Waals surface area contributed by atoms with Crippen molar-refractivity contribution in [1.82, 2.24) is 0 Å². The van der Waals surface area contributed by atoms with Crippen LogP contribution in [0, 0.1) is 11.3 Å². The second-order valence-corrected chi connectivity index (χ2v) is 3.96. The van der Waals surface area contributed by atoms with Crippen LogP contribution >= 0.6 is 0 Å². The van der Waals surface area contributed by atoms with Gasteiger partial charge in [-0.15, -0.1) is 13.2 Å². The van der Waals surface area contributed by atoms with Gasteiger partial charge in [-0.3, -0.25) is 0 Å². The highest BCUT2D eigenvalue weighted by Gasteiger charge is 2.32. The van der Waals surface area contributed by atoms with E-state index in [-0.39, 0.29) is 22.7 Å². The third kappa shape index (κ3) is 3.79. The van der Waals surface area contributed by atoms with Crippen LogP contribution in [0.3, 0.4) is 0 Å². The van der Waals surface area contributed by atoms with Gasteiger partial charge in [0.05, 0.1) is 5.56 Å². The highest BCUT2D eigenvalue weighted by atomic mass is 19.4. The molecular formula is C14H9F3N2O2. The van der Waals surface area contributed by atoms with Crippen molar-refractivity contribution in [1.29, 1.82) is 5.26 Å². The van der Waals surface area contributed by atoms with Gasteiger partial charge in [0, 0.05) is 11.8 Å². The van der Waals surface area contributed by atoms with Crippen molar-refractivity contribution in [3.05, 3.63) is 48.0 Å². The number of benzene rings is 2. The summed E-state index contributed by atoms with van der Waals surface area (Å²) in [6.45, 7) is 0. The van der Waals surface area contributed by atoms with Crippen molar-refractivity contribution in [3.8, 4) is 23.3 Å². The molecule has 2 rings (SSSR count). The van der Waals surface area contributed by atoms with E-state index < -0.39 is 12.1 Å². The van der Waals surface area contributed by atoms with Crippen molar-refractivity contribution in [3.63, 3.8) is 0 Å². The lowest BCUT2D eigenvalue weighted by atomic mass is 10.2. The summed E-state index contributed by atoms with van der Waals surface area (Å²) in [5.74, 6) is -0.414.